The first-order chi connectivity index (χ1) is 14.6. The number of anilines is 1. The van der Waals surface area contributed by atoms with Crippen LogP contribution in [0.4, 0.5) is 5.69 Å². The van der Waals surface area contributed by atoms with Crippen LogP contribution in [0.15, 0.2) is 47.4 Å². The van der Waals surface area contributed by atoms with E-state index in [0.717, 1.165) is 21.1 Å². The number of benzene rings is 2. The smallest absolute Gasteiger partial charge is 0.243 e. The fourth-order valence-electron chi connectivity index (χ4n) is 3.87. The Morgan fingerprint density at radius 1 is 1.16 bits per heavy atom. The Hall–Kier alpha value is -2.71. The van der Waals surface area contributed by atoms with Crippen LogP contribution in [0.3, 0.4) is 0 Å². The maximum Gasteiger partial charge on any atom is 0.243 e. The lowest BCUT2D eigenvalue weighted by Gasteiger charge is -2.21. The van der Waals surface area contributed by atoms with E-state index < -0.39 is 10.0 Å². The Morgan fingerprint density at radius 3 is 2.48 bits per heavy atom. The van der Waals surface area contributed by atoms with Crippen LogP contribution < -0.4 is 10.2 Å². The molecule has 1 N–H and O–H groups in total. The molecule has 2 amide bonds. The summed E-state index contributed by atoms with van der Waals surface area (Å²) in [4.78, 5) is 25.9. The number of nitrogens with zero attached hydrogens (tertiary/aromatic N) is 2. The van der Waals surface area contributed by atoms with Crippen molar-refractivity contribution in [1.82, 2.24) is 9.62 Å². The standard InChI is InChI=1S/C23H29N3O4S/c1-16-5-7-19(8-6-16)11-12-24-23(28)15-25(4)31(29,30)21-9-10-22-20(14-21)13-17(2)26(22)18(3)27/h5-10,14,17H,11-13,15H2,1-4H3,(H,24,28)/t17-/m0/s1. The van der Waals surface area contributed by atoms with Crippen LogP contribution in [0.5, 0.6) is 0 Å². The summed E-state index contributed by atoms with van der Waals surface area (Å²) < 4.78 is 27.0. The van der Waals surface area contributed by atoms with Gasteiger partial charge in [0.1, 0.15) is 0 Å². The number of hydrogen-bond acceptors (Lipinski definition) is 4. The van der Waals surface area contributed by atoms with E-state index in [9.17, 15) is 18.0 Å². The number of likely N-dealkylation sites (N-methyl/N-ethyl adjacent to an activating group) is 1. The zero-order chi connectivity index (χ0) is 22.8. The van der Waals surface area contributed by atoms with Gasteiger partial charge >= 0.3 is 0 Å². The monoisotopic (exact) mass is 443 g/mol. The van der Waals surface area contributed by atoms with Crippen LogP contribution in [0.1, 0.15) is 30.5 Å². The second-order valence-electron chi connectivity index (χ2n) is 8.08. The molecule has 1 aliphatic heterocycles. The summed E-state index contributed by atoms with van der Waals surface area (Å²) in [5, 5.41) is 2.78. The molecule has 0 radical (unpaired) electrons. The van der Waals surface area contributed by atoms with Crippen molar-refractivity contribution in [2.45, 2.75) is 44.6 Å². The first-order valence-electron chi connectivity index (χ1n) is 10.3. The molecule has 8 heteroatoms. The van der Waals surface area contributed by atoms with Crippen molar-refractivity contribution in [3.63, 3.8) is 0 Å². The molecular formula is C23H29N3O4S. The minimum Gasteiger partial charge on any atom is -0.355 e. The number of carbonyl (C=O) groups is 2. The van der Waals surface area contributed by atoms with Crippen LogP contribution in [0, 0.1) is 6.92 Å². The number of fused-ring (bicyclic) bond motifs is 1. The first-order valence-corrected chi connectivity index (χ1v) is 11.7. The van der Waals surface area contributed by atoms with Crippen molar-refractivity contribution in [3.8, 4) is 0 Å². The Balaban J connectivity index is 1.61. The number of aryl methyl sites for hydroxylation is 1. The number of hydrogen-bond donors (Lipinski definition) is 1. The Bertz CT molecular complexity index is 1080. The molecule has 31 heavy (non-hydrogen) atoms. The first kappa shape index (κ1) is 23.0. The molecule has 2 aromatic rings. The van der Waals surface area contributed by atoms with Gasteiger partial charge in [0, 0.05) is 32.2 Å². The van der Waals surface area contributed by atoms with Crippen LogP contribution in [-0.4, -0.2) is 50.7 Å². The third-order valence-corrected chi connectivity index (χ3v) is 7.34. The molecule has 0 aromatic heterocycles. The summed E-state index contributed by atoms with van der Waals surface area (Å²) in [5.41, 5.74) is 3.85. The normalized spacial score (nSPS) is 15.8. The topological polar surface area (TPSA) is 86.8 Å². The van der Waals surface area contributed by atoms with Crippen LogP contribution in [-0.2, 0) is 32.5 Å². The van der Waals surface area contributed by atoms with Crippen molar-refractivity contribution >= 4 is 27.5 Å². The lowest BCUT2D eigenvalue weighted by Crippen LogP contribution is -2.39. The third kappa shape index (κ3) is 5.14. The zero-order valence-electron chi connectivity index (χ0n) is 18.4. The molecule has 3 rings (SSSR count). The van der Waals surface area contributed by atoms with Crippen molar-refractivity contribution in [2.24, 2.45) is 0 Å². The molecule has 0 spiro atoms. The molecule has 0 fully saturated rings. The average molecular weight is 444 g/mol. The van der Waals surface area contributed by atoms with Gasteiger partial charge in [-0.1, -0.05) is 29.8 Å². The molecular weight excluding hydrogens is 414 g/mol. The van der Waals surface area contributed by atoms with Gasteiger partial charge in [-0.3, -0.25) is 9.59 Å². The minimum absolute atomic E-state index is 0.0116. The minimum atomic E-state index is -3.82. The molecule has 0 aliphatic carbocycles. The number of amides is 2. The van der Waals surface area contributed by atoms with E-state index in [1.165, 1.54) is 25.6 Å². The lowest BCUT2D eigenvalue weighted by molar-refractivity contribution is -0.121. The molecule has 166 valence electrons. The quantitative estimate of drug-likeness (QED) is 0.711. The highest BCUT2D eigenvalue weighted by Gasteiger charge is 2.31. The van der Waals surface area contributed by atoms with Gasteiger partial charge in [-0.2, -0.15) is 4.31 Å². The fraction of sp³-hybridized carbons (Fsp3) is 0.391. The Labute approximate surface area is 184 Å². The second kappa shape index (κ2) is 9.20. The molecule has 7 nitrogen and oxygen atoms in total. The van der Waals surface area contributed by atoms with E-state index in [0.29, 0.717) is 19.4 Å². The Morgan fingerprint density at radius 2 is 1.84 bits per heavy atom. The van der Waals surface area contributed by atoms with Crippen molar-refractivity contribution in [2.75, 3.05) is 25.0 Å². The van der Waals surface area contributed by atoms with E-state index in [1.54, 1.807) is 17.0 Å². The van der Waals surface area contributed by atoms with E-state index in [1.807, 2.05) is 38.1 Å². The highest BCUT2D eigenvalue weighted by atomic mass is 32.2. The van der Waals surface area contributed by atoms with E-state index in [-0.39, 0.29) is 29.3 Å². The fourth-order valence-corrected chi connectivity index (χ4v) is 5.05. The van der Waals surface area contributed by atoms with E-state index in [2.05, 4.69) is 5.32 Å². The van der Waals surface area contributed by atoms with Gasteiger partial charge in [0.25, 0.3) is 0 Å². The largest absolute Gasteiger partial charge is 0.355 e. The van der Waals surface area contributed by atoms with Crippen molar-refractivity contribution < 1.29 is 18.0 Å². The Kier molecular flexibility index (Phi) is 6.81. The SMILES string of the molecule is CC(=O)N1c2ccc(S(=O)(=O)N(C)CC(=O)NCCc3ccc(C)cc3)cc2C[C@@H]1C. The van der Waals surface area contributed by atoms with E-state index >= 15 is 0 Å². The molecule has 0 saturated carbocycles. The zero-order valence-corrected chi connectivity index (χ0v) is 19.2. The molecule has 2 aromatic carbocycles. The molecule has 1 aliphatic rings. The number of sulfonamides is 1. The van der Waals surface area contributed by atoms with Gasteiger partial charge in [-0.05, 0) is 56.0 Å². The number of carbonyl (C=O) groups excluding carboxylic acids is 2. The van der Waals surface area contributed by atoms with Gasteiger partial charge in [0.15, 0.2) is 0 Å². The lowest BCUT2D eigenvalue weighted by atomic mass is 10.1. The summed E-state index contributed by atoms with van der Waals surface area (Å²) >= 11 is 0. The molecule has 0 saturated heterocycles. The molecule has 1 atom stereocenters. The highest BCUT2D eigenvalue weighted by molar-refractivity contribution is 7.89. The van der Waals surface area contributed by atoms with Crippen molar-refractivity contribution in [1.29, 1.82) is 0 Å². The van der Waals surface area contributed by atoms with Gasteiger partial charge in [-0.25, -0.2) is 8.42 Å². The van der Waals surface area contributed by atoms with Crippen LogP contribution in [0.25, 0.3) is 0 Å². The highest BCUT2D eigenvalue weighted by Crippen LogP contribution is 2.34. The second-order valence-corrected chi connectivity index (χ2v) is 10.1. The summed E-state index contributed by atoms with van der Waals surface area (Å²) in [6.45, 7) is 5.63. The third-order valence-electron chi connectivity index (χ3n) is 5.54. The van der Waals surface area contributed by atoms with Crippen LogP contribution >= 0.6 is 0 Å². The number of nitrogens with one attached hydrogen (secondary N) is 1. The van der Waals surface area contributed by atoms with Gasteiger partial charge < -0.3 is 10.2 Å². The summed E-state index contributed by atoms with van der Waals surface area (Å²) in [6.07, 6.45) is 1.28. The predicted molar refractivity (Wildman–Crippen MR) is 120 cm³/mol. The summed E-state index contributed by atoms with van der Waals surface area (Å²) in [5.74, 6) is -0.419. The van der Waals surface area contributed by atoms with Gasteiger partial charge in [0.05, 0.1) is 11.4 Å². The van der Waals surface area contributed by atoms with Crippen molar-refractivity contribution in [3.05, 3.63) is 59.2 Å². The molecule has 1 heterocycles. The summed E-state index contributed by atoms with van der Waals surface area (Å²) in [6, 6.07) is 12.8. The maximum absolute atomic E-state index is 13.0. The predicted octanol–water partition coefficient (Wildman–Crippen LogP) is 2.27. The molecule has 0 bridgehead atoms. The summed E-state index contributed by atoms with van der Waals surface area (Å²) in [7, 11) is -2.43. The van der Waals surface area contributed by atoms with Gasteiger partial charge in [-0.15, -0.1) is 0 Å². The van der Waals surface area contributed by atoms with Crippen LogP contribution in [0.2, 0.25) is 0 Å². The maximum atomic E-state index is 13.0. The average Bonchev–Trinajstić information content (AvgIpc) is 3.04. The van der Waals surface area contributed by atoms with E-state index in [4.69, 9.17) is 0 Å². The van der Waals surface area contributed by atoms with Gasteiger partial charge in [0.2, 0.25) is 21.8 Å². The number of rotatable bonds is 7. The molecule has 0 unspecified atom stereocenters.